The van der Waals surface area contributed by atoms with Crippen molar-refractivity contribution in [1.82, 2.24) is 9.44 Å². The second kappa shape index (κ2) is 14.3. The van der Waals surface area contributed by atoms with Gasteiger partial charge in [0.25, 0.3) is 43.2 Å². The first-order valence-electron chi connectivity index (χ1n) is 11.7. The second-order valence-corrected chi connectivity index (χ2v) is 13.5. The number of hydrogen-bond acceptors (Lipinski definition) is 10. The van der Waals surface area contributed by atoms with Gasteiger partial charge in [-0.05, 0) is 60.7 Å². The highest BCUT2D eigenvalue weighted by Gasteiger charge is 2.28. The molecule has 2 N–H and O–H groups in total. The Morgan fingerprint density at radius 2 is 0.841 bits per heavy atom. The molecule has 44 heavy (non-hydrogen) atoms. The number of para-hydroxylation sites is 2. The van der Waals surface area contributed by atoms with Crippen LogP contribution in [-0.2, 0) is 20.0 Å². The predicted octanol–water partition coefficient (Wildman–Crippen LogP) is 4.95. The van der Waals surface area contributed by atoms with E-state index in [0.29, 0.717) is 0 Å². The van der Waals surface area contributed by atoms with Gasteiger partial charge in [-0.1, -0.05) is 56.1 Å². The predicted molar refractivity (Wildman–Crippen MR) is 164 cm³/mol. The van der Waals surface area contributed by atoms with Crippen LogP contribution in [0.4, 0.5) is 11.4 Å². The van der Waals surface area contributed by atoms with Crippen LogP contribution in [0, 0.1) is 20.2 Å². The van der Waals surface area contributed by atoms with Crippen LogP contribution >= 0.6 is 31.9 Å². The SMILES string of the molecule is O=C(NS(=O)(=O)c1ccccc1[N+](=O)[O-])c1ccc(Br)cc1.O=C(NS(=O)(=O)c1ccccc1[N+](=O)[O-])c1ccc(Br)cc1. The van der Waals surface area contributed by atoms with Gasteiger partial charge in [-0.3, -0.25) is 29.8 Å². The monoisotopic (exact) mass is 768 g/mol. The Kier molecular flexibility index (Phi) is 11.0. The highest BCUT2D eigenvalue weighted by molar-refractivity contribution is 9.10. The second-order valence-electron chi connectivity index (χ2n) is 8.33. The lowest BCUT2D eigenvalue weighted by molar-refractivity contribution is -0.388. The maximum Gasteiger partial charge on any atom is 0.289 e. The third-order valence-electron chi connectivity index (χ3n) is 5.37. The van der Waals surface area contributed by atoms with Crippen LogP contribution in [-0.4, -0.2) is 38.5 Å². The minimum Gasteiger partial charge on any atom is -0.268 e. The number of nitrogens with zero attached hydrogens (tertiary/aromatic N) is 2. The quantitative estimate of drug-likeness (QED) is 0.182. The summed E-state index contributed by atoms with van der Waals surface area (Å²) >= 11 is 6.39. The number of rotatable bonds is 8. The summed E-state index contributed by atoms with van der Waals surface area (Å²) < 4.78 is 53.7. The smallest absolute Gasteiger partial charge is 0.268 e. The van der Waals surface area contributed by atoms with E-state index in [4.69, 9.17) is 0 Å². The lowest BCUT2D eigenvalue weighted by Crippen LogP contribution is -2.31. The Hall–Kier alpha value is -4.52. The van der Waals surface area contributed by atoms with Crippen molar-refractivity contribution in [3.05, 3.63) is 137 Å². The van der Waals surface area contributed by atoms with E-state index < -0.39 is 62.9 Å². The van der Waals surface area contributed by atoms with Crippen molar-refractivity contribution in [1.29, 1.82) is 0 Å². The number of halogens is 2. The molecular formula is C26H18Br2N4O10S2. The first-order chi connectivity index (χ1) is 20.6. The lowest BCUT2D eigenvalue weighted by atomic mass is 10.2. The largest absolute Gasteiger partial charge is 0.289 e. The molecule has 0 saturated heterocycles. The molecule has 228 valence electrons. The minimum atomic E-state index is -4.35. The molecule has 0 radical (unpaired) electrons. The first-order valence-corrected chi connectivity index (χ1v) is 16.3. The molecule has 18 heteroatoms. The van der Waals surface area contributed by atoms with E-state index >= 15 is 0 Å². The van der Waals surface area contributed by atoms with Gasteiger partial charge in [0.1, 0.15) is 0 Å². The fourth-order valence-corrected chi connectivity index (χ4v) is 6.17. The number of benzene rings is 4. The van der Waals surface area contributed by atoms with Crippen molar-refractivity contribution in [3.63, 3.8) is 0 Å². The molecule has 0 fully saturated rings. The molecular weight excluding hydrogens is 752 g/mol. The van der Waals surface area contributed by atoms with E-state index in [1.807, 2.05) is 9.44 Å². The Labute approximate surface area is 266 Å². The fraction of sp³-hybridized carbons (Fsp3) is 0. The summed E-state index contributed by atoms with van der Waals surface area (Å²) in [6.07, 6.45) is 0. The fourth-order valence-electron chi connectivity index (χ4n) is 3.34. The van der Waals surface area contributed by atoms with Crippen LogP contribution in [0.1, 0.15) is 20.7 Å². The highest BCUT2D eigenvalue weighted by Crippen LogP contribution is 2.24. The Bertz CT molecular complexity index is 1810. The Morgan fingerprint density at radius 3 is 1.14 bits per heavy atom. The molecule has 0 aliphatic rings. The highest BCUT2D eigenvalue weighted by atomic mass is 79.9. The molecule has 0 atom stereocenters. The van der Waals surface area contributed by atoms with Gasteiger partial charge in [-0.15, -0.1) is 0 Å². The van der Waals surface area contributed by atoms with Gasteiger partial charge in [0.05, 0.1) is 9.85 Å². The van der Waals surface area contributed by atoms with Gasteiger partial charge >= 0.3 is 0 Å². The van der Waals surface area contributed by atoms with Crippen LogP contribution in [0.3, 0.4) is 0 Å². The van der Waals surface area contributed by atoms with Crippen LogP contribution in [0.5, 0.6) is 0 Å². The maximum absolute atomic E-state index is 12.2. The van der Waals surface area contributed by atoms with E-state index in [2.05, 4.69) is 31.9 Å². The van der Waals surface area contributed by atoms with E-state index in [-0.39, 0.29) is 11.1 Å². The van der Waals surface area contributed by atoms with Crippen LogP contribution < -0.4 is 9.44 Å². The van der Waals surface area contributed by atoms with Crippen LogP contribution in [0.15, 0.2) is 116 Å². The molecule has 0 heterocycles. The molecule has 0 unspecified atom stereocenters. The van der Waals surface area contributed by atoms with Crippen molar-refractivity contribution in [2.24, 2.45) is 0 Å². The van der Waals surface area contributed by atoms with Crippen molar-refractivity contribution >= 4 is 75.1 Å². The third-order valence-corrected chi connectivity index (χ3v) is 9.18. The number of nitro groups is 2. The van der Waals surface area contributed by atoms with Gasteiger partial charge < -0.3 is 0 Å². The summed E-state index contributed by atoms with van der Waals surface area (Å²) in [4.78, 5) is 42.9. The molecule has 4 aromatic carbocycles. The summed E-state index contributed by atoms with van der Waals surface area (Å²) in [5.74, 6) is -1.74. The number of hydrogen-bond donors (Lipinski definition) is 2. The van der Waals surface area contributed by atoms with E-state index in [1.165, 1.54) is 48.5 Å². The molecule has 2 amide bonds. The zero-order valence-electron chi connectivity index (χ0n) is 21.8. The molecule has 0 aromatic heterocycles. The number of nitrogens with one attached hydrogen (secondary N) is 2. The van der Waals surface area contributed by atoms with Crippen molar-refractivity contribution in [2.75, 3.05) is 0 Å². The van der Waals surface area contributed by atoms with Gasteiger partial charge in [-0.2, -0.15) is 0 Å². The molecule has 0 aliphatic heterocycles. The van der Waals surface area contributed by atoms with Gasteiger partial charge in [0.15, 0.2) is 9.79 Å². The normalized spacial score (nSPS) is 11.0. The number of carbonyl (C=O) groups is 2. The van der Waals surface area contributed by atoms with Crippen LogP contribution in [0.2, 0.25) is 0 Å². The molecule has 0 aliphatic carbocycles. The average Bonchev–Trinajstić information content (AvgIpc) is 2.97. The van der Waals surface area contributed by atoms with Crippen molar-refractivity contribution in [2.45, 2.75) is 9.79 Å². The number of nitro benzene ring substituents is 2. The standard InChI is InChI=1S/2C13H9BrN2O5S/c2*14-10-7-5-9(6-8-10)13(17)15-22(20,21)12-4-2-1-3-11(12)16(18)19/h2*1-8H,(H,15,17). The number of carbonyl (C=O) groups excluding carboxylic acids is 2. The van der Waals surface area contributed by atoms with E-state index in [0.717, 1.165) is 33.2 Å². The Balaban J connectivity index is 0.000000240. The first kappa shape index (κ1) is 34.0. The molecule has 0 saturated carbocycles. The summed E-state index contributed by atoms with van der Waals surface area (Å²) in [5, 5.41) is 21.8. The van der Waals surface area contributed by atoms with Gasteiger partial charge in [-0.25, -0.2) is 26.3 Å². The number of sulfonamides is 2. The molecule has 14 nitrogen and oxygen atoms in total. The van der Waals surface area contributed by atoms with E-state index in [9.17, 15) is 46.7 Å². The summed E-state index contributed by atoms with van der Waals surface area (Å²) in [6.45, 7) is 0. The molecule has 4 rings (SSSR count). The summed E-state index contributed by atoms with van der Waals surface area (Å²) in [5.41, 5.74) is -0.965. The van der Waals surface area contributed by atoms with Crippen molar-refractivity contribution in [3.8, 4) is 0 Å². The Morgan fingerprint density at radius 1 is 0.545 bits per heavy atom. The topological polar surface area (TPSA) is 213 Å². The lowest BCUT2D eigenvalue weighted by Gasteiger charge is -2.07. The summed E-state index contributed by atoms with van der Waals surface area (Å²) in [7, 11) is -8.69. The third kappa shape index (κ3) is 8.75. The van der Waals surface area contributed by atoms with Gasteiger partial charge in [0.2, 0.25) is 0 Å². The van der Waals surface area contributed by atoms with Crippen molar-refractivity contribution < 1.29 is 36.3 Å². The van der Waals surface area contributed by atoms with Gasteiger partial charge in [0, 0.05) is 32.2 Å². The maximum atomic E-state index is 12.2. The zero-order chi connectivity index (χ0) is 32.7. The number of amides is 2. The van der Waals surface area contributed by atoms with Crippen LogP contribution in [0.25, 0.3) is 0 Å². The minimum absolute atomic E-state index is 0.116. The molecule has 4 aromatic rings. The molecule has 0 spiro atoms. The van der Waals surface area contributed by atoms with E-state index in [1.54, 1.807) is 24.3 Å². The molecule has 0 bridgehead atoms. The zero-order valence-corrected chi connectivity index (χ0v) is 26.6. The summed E-state index contributed by atoms with van der Waals surface area (Å²) in [6, 6.07) is 21.6. The average molecular weight is 770 g/mol.